The number of halogens is 1. The molecule has 2 N–H and O–H groups in total. The average molecular weight is 351 g/mol. The van der Waals surface area contributed by atoms with Gasteiger partial charge in [-0.2, -0.15) is 0 Å². The molecular formula is C11H15BrN2O4S. The van der Waals surface area contributed by atoms with Crippen LogP contribution in [0, 0.1) is 0 Å². The SMILES string of the molecule is CC(C)(C)OC(=O)N[C@@H](Cc1csc(Br)n1)C(=O)O. The maximum absolute atomic E-state index is 11.5. The molecule has 0 bridgehead atoms. The molecule has 0 saturated heterocycles. The van der Waals surface area contributed by atoms with Gasteiger partial charge in [0.05, 0.1) is 5.69 Å². The van der Waals surface area contributed by atoms with E-state index >= 15 is 0 Å². The highest BCUT2D eigenvalue weighted by molar-refractivity contribution is 9.11. The fourth-order valence-electron chi connectivity index (χ4n) is 1.24. The number of carbonyl (C=O) groups excluding carboxylic acids is 1. The first kappa shape index (κ1) is 15.9. The molecule has 0 fully saturated rings. The molecule has 1 aromatic heterocycles. The molecular weight excluding hydrogens is 336 g/mol. The number of rotatable bonds is 4. The van der Waals surface area contributed by atoms with Crippen LogP contribution in [-0.2, 0) is 16.0 Å². The minimum Gasteiger partial charge on any atom is -0.480 e. The van der Waals surface area contributed by atoms with E-state index in [9.17, 15) is 9.59 Å². The van der Waals surface area contributed by atoms with E-state index in [-0.39, 0.29) is 6.42 Å². The Labute approximate surface area is 123 Å². The van der Waals surface area contributed by atoms with Gasteiger partial charge in [-0.05, 0) is 36.7 Å². The largest absolute Gasteiger partial charge is 0.480 e. The van der Waals surface area contributed by atoms with Crippen LogP contribution in [0.5, 0.6) is 0 Å². The maximum Gasteiger partial charge on any atom is 0.408 e. The number of thiazole rings is 1. The van der Waals surface area contributed by atoms with Crippen LogP contribution < -0.4 is 5.32 Å². The van der Waals surface area contributed by atoms with Gasteiger partial charge in [-0.15, -0.1) is 11.3 Å². The predicted molar refractivity (Wildman–Crippen MR) is 74.3 cm³/mol. The molecule has 0 saturated carbocycles. The number of nitrogens with one attached hydrogen (secondary N) is 1. The summed E-state index contributed by atoms with van der Waals surface area (Å²) in [5, 5.41) is 13.1. The number of carboxylic acid groups (broad SMARTS) is 1. The van der Waals surface area contributed by atoms with Crippen molar-refractivity contribution in [2.45, 2.75) is 38.8 Å². The van der Waals surface area contributed by atoms with Gasteiger partial charge in [0, 0.05) is 11.8 Å². The van der Waals surface area contributed by atoms with Crippen molar-refractivity contribution in [2.75, 3.05) is 0 Å². The smallest absolute Gasteiger partial charge is 0.408 e. The van der Waals surface area contributed by atoms with Crippen LogP contribution in [0.3, 0.4) is 0 Å². The van der Waals surface area contributed by atoms with E-state index in [0.717, 1.165) is 0 Å². The maximum atomic E-state index is 11.5. The van der Waals surface area contributed by atoms with Gasteiger partial charge in [0.2, 0.25) is 0 Å². The molecule has 0 aliphatic carbocycles. The number of alkyl carbamates (subject to hydrolysis) is 1. The molecule has 0 aliphatic heterocycles. The summed E-state index contributed by atoms with van der Waals surface area (Å²) < 4.78 is 5.69. The van der Waals surface area contributed by atoms with E-state index in [1.807, 2.05) is 0 Å². The second-order valence-electron chi connectivity index (χ2n) is 4.83. The van der Waals surface area contributed by atoms with Crippen LogP contribution in [0.15, 0.2) is 9.30 Å². The molecule has 106 valence electrons. The molecule has 1 aromatic rings. The number of hydrogen-bond donors (Lipinski definition) is 2. The molecule has 0 aromatic carbocycles. The van der Waals surface area contributed by atoms with Gasteiger partial charge in [-0.1, -0.05) is 0 Å². The molecule has 0 unspecified atom stereocenters. The zero-order valence-corrected chi connectivity index (χ0v) is 13.2. The summed E-state index contributed by atoms with van der Waals surface area (Å²) in [7, 11) is 0. The van der Waals surface area contributed by atoms with Crippen LogP contribution in [0.2, 0.25) is 0 Å². The minimum atomic E-state index is -1.13. The lowest BCUT2D eigenvalue weighted by atomic mass is 10.2. The van der Waals surface area contributed by atoms with E-state index in [0.29, 0.717) is 9.61 Å². The quantitative estimate of drug-likeness (QED) is 0.870. The molecule has 6 nitrogen and oxygen atoms in total. The number of nitrogens with zero attached hydrogens (tertiary/aromatic N) is 1. The van der Waals surface area contributed by atoms with Crippen molar-refractivity contribution >= 4 is 39.3 Å². The third-order valence-corrected chi connectivity index (χ3v) is 3.34. The fraction of sp³-hybridized carbons (Fsp3) is 0.545. The summed E-state index contributed by atoms with van der Waals surface area (Å²) in [5.41, 5.74) is -0.0723. The Bertz CT molecular complexity index is 470. The van der Waals surface area contributed by atoms with Crippen molar-refractivity contribution in [1.82, 2.24) is 10.3 Å². The van der Waals surface area contributed by atoms with E-state index in [2.05, 4.69) is 26.2 Å². The molecule has 0 aliphatic rings. The van der Waals surface area contributed by atoms with E-state index < -0.39 is 23.7 Å². The van der Waals surface area contributed by atoms with Gasteiger partial charge in [0.15, 0.2) is 3.92 Å². The monoisotopic (exact) mass is 350 g/mol. The molecule has 1 amide bonds. The van der Waals surface area contributed by atoms with Crippen molar-refractivity contribution in [3.63, 3.8) is 0 Å². The van der Waals surface area contributed by atoms with Crippen LogP contribution in [0.4, 0.5) is 4.79 Å². The molecule has 0 radical (unpaired) electrons. The third kappa shape index (κ3) is 6.02. The van der Waals surface area contributed by atoms with E-state index in [4.69, 9.17) is 9.84 Å². The topological polar surface area (TPSA) is 88.5 Å². The number of carbonyl (C=O) groups is 2. The Kier molecular flexibility index (Phi) is 5.30. The lowest BCUT2D eigenvalue weighted by molar-refractivity contribution is -0.139. The summed E-state index contributed by atoms with van der Waals surface area (Å²) in [6, 6.07) is -1.07. The Hall–Kier alpha value is -1.15. The van der Waals surface area contributed by atoms with E-state index in [1.54, 1.807) is 26.2 Å². The van der Waals surface area contributed by atoms with Crippen molar-refractivity contribution in [1.29, 1.82) is 0 Å². The number of ether oxygens (including phenoxy) is 1. The summed E-state index contributed by atoms with van der Waals surface area (Å²) in [5.74, 6) is -1.13. The summed E-state index contributed by atoms with van der Waals surface area (Å²) in [6.45, 7) is 5.12. The van der Waals surface area contributed by atoms with Crippen LogP contribution in [0.25, 0.3) is 0 Å². The molecule has 8 heteroatoms. The van der Waals surface area contributed by atoms with Gasteiger partial charge >= 0.3 is 12.1 Å². The fourth-order valence-corrected chi connectivity index (χ4v) is 2.30. The molecule has 1 atom stereocenters. The van der Waals surface area contributed by atoms with Crippen molar-refractivity contribution in [3.8, 4) is 0 Å². The highest BCUT2D eigenvalue weighted by Crippen LogP contribution is 2.17. The number of amides is 1. The lowest BCUT2D eigenvalue weighted by Gasteiger charge is -2.21. The Morgan fingerprint density at radius 3 is 2.63 bits per heavy atom. The summed E-state index contributed by atoms with van der Waals surface area (Å²) in [4.78, 5) is 26.7. The molecule has 1 rings (SSSR count). The van der Waals surface area contributed by atoms with Gasteiger partial charge in [-0.25, -0.2) is 14.6 Å². The van der Waals surface area contributed by atoms with Gasteiger partial charge in [-0.3, -0.25) is 0 Å². The Morgan fingerprint density at radius 1 is 1.58 bits per heavy atom. The summed E-state index contributed by atoms with van der Waals surface area (Å²) in [6.07, 6.45) is -0.648. The predicted octanol–water partition coefficient (Wildman–Crippen LogP) is 2.43. The standard InChI is InChI=1S/C11H15BrN2O4S/c1-11(2,3)18-10(17)14-7(8(15)16)4-6-5-19-9(12)13-6/h5,7H,4H2,1-3H3,(H,14,17)(H,15,16)/t7-/m0/s1. The van der Waals surface area contributed by atoms with Crippen molar-refractivity contribution < 1.29 is 19.4 Å². The minimum absolute atomic E-state index is 0.108. The van der Waals surface area contributed by atoms with E-state index in [1.165, 1.54) is 11.3 Å². The third-order valence-electron chi connectivity index (χ3n) is 1.93. The first-order chi connectivity index (χ1) is 8.67. The van der Waals surface area contributed by atoms with Crippen LogP contribution in [0.1, 0.15) is 26.5 Å². The summed E-state index contributed by atoms with van der Waals surface area (Å²) >= 11 is 4.55. The number of aliphatic carboxylic acids is 1. The molecule has 19 heavy (non-hydrogen) atoms. The average Bonchev–Trinajstić information content (AvgIpc) is 2.60. The number of aromatic nitrogens is 1. The Balaban J connectivity index is 2.63. The second-order valence-corrected chi connectivity index (χ2v) is 6.97. The van der Waals surface area contributed by atoms with Crippen LogP contribution >= 0.6 is 27.3 Å². The molecule has 1 heterocycles. The highest BCUT2D eigenvalue weighted by atomic mass is 79.9. The Morgan fingerprint density at radius 2 is 2.21 bits per heavy atom. The molecule has 0 spiro atoms. The zero-order valence-electron chi connectivity index (χ0n) is 10.8. The highest BCUT2D eigenvalue weighted by Gasteiger charge is 2.24. The van der Waals surface area contributed by atoms with Crippen molar-refractivity contribution in [2.24, 2.45) is 0 Å². The van der Waals surface area contributed by atoms with Gasteiger partial charge < -0.3 is 15.2 Å². The zero-order chi connectivity index (χ0) is 14.6. The van der Waals surface area contributed by atoms with Gasteiger partial charge in [0.1, 0.15) is 11.6 Å². The van der Waals surface area contributed by atoms with Crippen molar-refractivity contribution in [3.05, 3.63) is 15.0 Å². The van der Waals surface area contributed by atoms with Crippen LogP contribution in [-0.4, -0.2) is 33.8 Å². The number of carboxylic acids is 1. The normalized spacial score (nSPS) is 12.8. The van der Waals surface area contributed by atoms with Gasteiger partial charge in [0.25, 0.3) is 0 Å². The first-order valence-electron chi connectivity index (χ1n) is 5.49. The first-order valence-corrected chi connectivity index (χ1v) is 7.17. The number of hydrogen-bond acceptors (Lipinski definition) is 5. The second kappa shape index (κ2) is 6.33. The lowest BCUT2D eigenvalue weighted by Crippen LogP contribution is -2.44.